The van der Waals surface area contributed by atoms with E-state index < -0.39 is 17.8 Å². The van der Waals surface area contributed by atoms with Crippen LogP contribution in [0.4, 0.5) is 0 Å². The zero-order valence-electron chi connectivity index (χ0n) is 23.4. The minimum absolute atomic E-state index is 0.0119. The summed E-state index contributed by atoms with van der Waals surface area (Å²) < 4.78 is 22.6. The van der Waals surface area contributed by atoms with Gasteiger partial charge in [-0.1, -0.05) is 44.2 Å². The van der Waals surface area contributed by atoms with Gasteiger partial charge in [0.05, 0.1) is 57.8 Å². The summed E-state index contributed by atoms with van der Waals surface area (Å²) in [5.74, 6) is -3.47. The lowest BCUT2D eigenvalue weighted by atomic mass is 9.76. The van der Waals surface area contributed by atoms with E-state index in [1.807, 2.05) is 65.0 Å². The van der Waals surface area contributed by atoms with E-state index >= 15 is 0 Å². The van der Waals surface area contributed by atoms with Crippen LogP contribution in [0, 0.1) is 11.8 Å². The molecule has 0 saturated heterocycles. The van der Waals surface area contributed by atoms with Crippen LogP contribution in [0.2, 0.25) is 0 Å². The highest BCUT2D eigenvalue weighted by molar-refractivity contribution is 5.85. The van der Waals surface area contributed by atoms with Gasteiger partial charge in [0, 0.05) is 17.9 Å². The molecule has 1 amide bonds. The summed E-state index contributed by atoms with van der Waals surface area (Å²) in [7, 11) is 0. The molecule has 0 fully saturated rings. The Labute approximate surface area is 222 Å². The summed E-state index contributed by atoms with van der Waals surface area (Å²) in [5.41, 5.74) is 4.82. The smallest absolute Gasteiger partial charge is 0.224 e. The first kappa shape index (κ1) is 33.0. The molecule has 0 aliphatic heterocycles. The summed E-state index contributed by atoms with van der Waals surface area (Å²) >= 11 is 0. The number of amides is 1. The third kappa shape index (κ3) is 13.4. The van der Waals surface area contributed by atoms with Crippen LogP contribution in [0.3, 0.4) is 0 Å². The monoisotopic (exact) mass is 524 g/mol. The molecule has 212 valence electrons. The first-order valence-electron chi connectivity index (χ1n) is 13.3. The quantitative estimate of drug-likeness (QED) is 0.245. The van der Waals surface area contributed by atoms with Crippen LogP contribution in [0.5, 0.6) is 0 Å². The van der Waals surface area contributed by atoms with E-state index in [2.05, 4.69) is 11.1 Å². The van der Waals surface area contributed by atoms with E-state index in [1.54, 1.807) is 0 Å². The maximum Gasteiger partial charge on any atom is 0.224 e. The molecule has 1 rings (SSSR count). The van der Waals surface area contributed by atoms with Crippen molar-refractivity contribution < 1.29 is 39.4 Å². The highest BCUT2D eigenvalue weighted by atomic mass is 16.6. The predicted octanol–water partition coefficient (Wildman–Crippen LogP) is 1.16. The fourth-order valence-corrected chi connectivity index (χ4v) is 4.03. The summed E-state index contributed by atoms with van der Waals surface area (Å²) in [6.45, 7) is 13.9. The van der Waals surface area contributed by atoms with Crippen molar-refractivity contribution in [2.75, 3.05) is 39.6 Å². The number of carbonyl (C=O) groups excluding carboxylic acids is 2. The average molecular weight is 525 g/mol. The number of carbonyl (C=O) groups is 2. The van der Waals surface area contributed by atoms with Gasteiger partial charge in [-0.2, -0.15) is 0 Å². The topological polar surface area (TPSA) is 134 Å². The number of hydrogen-bond donors (Lipinski definition) is 2. The van der Waals surface area contributed by atoms with Crippen molar-refractivity contribution in [2.24, 2.45) is 11.8 Å². The number of benzene rings is 1. The summed E-state index contributed by atoms with van der Waals surface area (Å²) in [4.78, 5) is 24.9. The van der Waals surface area contributed by atoms with Crippen molar-refractivity contribution in [1.29, 1.82) is 0 Å². The number of aliphatic carboxylic acids is 1. The van der Waals surface area contributed by atoms with Gasteiger partial charge in [0.1, 0.15) is 6.04 Å². The number of ether oxygens (including phenoxy) is 4. The predicted molar refractivity (Wildman–Crippen MR) is 140 cm³/mol. The molecule has 0 aromatic heterocycles. The van der Waals surface area contributed by atoms with Gasteiger partial charge in [0.15, 0.2) is 0 Å². The molecule has 9 nitrogen and oxygen atoms in total. The Hall–Kier alpha value is -2.04. The second kappa shape index (κ2) is 18.3. The zero-order valence-corrected chi connectivity index (χ0v) is 23.4. The first-order chi connectivity index (χ1) is 17.6. The molecule has 0 saturated carbocycles. The van der Waals surface area contributed by atoms with Crippen LogP contribution in [0.25, 0.3) is 0 Å². The molecule has 0 bridgehead atoms. The average Bonchev–Trinajstić information content (AvgIpc) is 2.86. The van der Waals surface area contributed by atoms with E-state index in [0.717, 1.165) is 5.56 Å². The standard InChI is InChI=1S/C28H48N2O7/c1-7-25(24-11-9-8-10-12-24)26(23(6)28(32)33)27(31)30-20(3)16-37-22(5)18-35-14-13-34-17-21(4)36-15-19(2)29/h8-12,19-23,25-26H,7,13-18,29H2,1-6H3,(H,30,31)(H,32,33). The fourth-order valence-electron chi connectivity index (χ4n) is 4.03. The van der Waals surface area contributed by atoms with E-state index in [4.69, 9.17) is 18.9 Å². The van der Waals surface area contributed by atoms with Gasteiger partial charge in [0.25, 0.3) is 0 Å². The molecular formula is C28H48N2O7. The number of carboxylic acid groups (broad SMARTS) is 1. The molecule has 7 unspecified atom stereocenters. The Kier molecular flexibility index (Phi) is 16.3. The van der Waals surface area contributed by atoms with E-state index in [1.165, 1.54) is 6.92 Å². The van der Waals surface area contributed by atoms with Gasteiger partial charge < -0.3 is 39.9 Å². The van der Waals surface area contributed by atoms with Gasteiger partial charge in [-0.3, -0.25) is 4.79 Å². The van der Waals surface area contributed by atoms with Crippen molar-refractivity contribution in [3.63, 3.8) is 0 Å². The van der Waals surface area contributed by atoms with Crippen LogP contribution in [-0.2, 0) is 28.5 Å². The second-order valence-electron chi connectivity index (χ2n) is 10.0. The summed E-state index contributed by atoms with van der Waals surface area (Å²) in [6.07, 6.45) is 0.466. The Morgan fingerprint density at radius 2 is 1.43 bits per heavy atom. The van der Waals surface area contributed by atoms with E-state index in [0.29, 0.717) is 39.5 Å². The Morgan fingerprint density at radius 3 is 1.92 bits per heavy atom. The molecule has 0 spiro atoms. The molecular weight excluding hydrogens is 476 g/mol. The minimum Gasteiger partial charge on any atom is -0.550 e. The van der Waals surface area contributed by atoms with Crippen molar-refractivity contribution in [3.8, 4) is 0 Å². The van der Waals surface area contributed by atoms with Gasteiger partial charge in [-0.25, -0.2) is 0 Å². The third-order valence-corrected chi connectivity index (χ3v) is 6.08. The lowest BCUT2D eigenvalue weighted by molar-refractivity contribution is -0.422. The van der Waals surface area contributed by atoms with E-state index in [9.17, 15) is 14.7 Å². The normalized spacial score (nSPS) is 17.3. The number of hydrogen-bond acceptors (Lipinski definition) is 7. The van der Waals surface area contributed by atoms with Crippen LogP contribution in [0.1, 0.15) is 59.4 Å². The minimum atomic E-state index is -1.23. The lowest BCUT2D eigenvalue weighted by Gasteiger charge is -2.32. The number of rotatable bonds is 20. The summed E-state index contributed by atoms with van der Waals surface area (Å²) in [5, 5.41) is 14.6. The number of nitrogens with one attached hydrogen (secondary N) is 1. The Bertz CT molecular complexity index is 762. The largest absolute Gasteiger partial charge is 0.550 e. The Morgan fingerprint density at radius 1 is 0.892 bits per heavy atom. The second-order valence-corrected chi connectivity index (χ2v) is 10.0. The third-order valence-electron chi connectivity index (χ3n) is 6.08. The maximum absolute atomic E-state index is 13.2. The number of quaternary nitrogens is 1. The first-order valence-corrected chi connectivity index (χ1v) is 13.3. The van der Waals surface area contributed by atoms with Gasteiger partial charge in [0.2, 0.25) is 5.91 Å². The zero-order chi connectivity index (χ0) is 27.8. The molecule has 4 N–H and O–H groups in total. The molecule has 0 radical (unpaired) electrons. The van der Waals surface area contributed by atoms with E-state index in [-0.39, 0.29) is 42.7 Å². The van der Waals surface area contributed by atoms with Crippen LogP contribution in [-0.4, -0.2) is 75.8 Å². The molecule has 1 aromatic rings. The lowest BCUT2D eigenvalue weighted by Crippen LogP contribution is -2.61. The molecule has 37 heavy (non-hydrogen) atoms. The van der Waals surface area contributed by atoms with Gasteiger partial charge in [-0.05, 0) is 45.6 Å². The van der Waals surface area contributed by atoms with Crippen molar-refractivity contribution >= 4 is 11.9 Å². The van der Waals surface area contributed by atoms with Gasteiger partial charge >= 0.3 is 0 Å². The summed E-state index contributed by atoms with van der Waals surface area (Å²) in [6, 6.07) is 9.48. The molecule has 0 aliphatic rings. The van der Waals surface area contributed by atoms with Crippen molar-refractivity contribution in [2.45, 2.75) is 78.2 Å². The fraction of sp³-hybridized carbons (Fsp3) is 0.714. The van der Waals surface area contributed by atoms with Crippen LogP contribution >= 0.6 is 0 Å². The van der Waals surface area contributed by atoms with Crippen molar-refractivity contribution in [1.82, 2.24) is 5.32 Å². The highest BCUT2D eigenvalue weighted by Gasteiger charge is 2.34. The molecule has 7 atom stereocenters. The molecule has 0 aliphatic carbocycles. The molecule has 0 heterocycles. The highest BCUT2D eigenvalue weighted by Crippen LogP contribution is 2.33. The van der Waals surface area contributed by atoms with Crippen LogP contribution in [0.15, 0.2) is 30.3 Å². The Balaban J connectivity index is 2.43. The molecule has 9 heteroatoms. The van der Waals surface area contributed by atoms with Crippen molar-refractivity contribution in [3.05, 3.63) is 35.9 Å². The van der Waals surface area contributed by atoms with Gasteiger partial charge in [-0.15, -0.1) is 0 Å². The number of carboxylic acids is 1. The molecule has 1 aromatic carbocycles. The SMILES string of the molecule is CCC(c1ccccc1)C(C(=O)NC(C)COC(C)COCCOCC(C)OCC(C)[NH3+])C(C)C(=O)[O-]. The maximum atomic E-state index is 13.2. The van der Waals surface area contributed by atoms with Crippen LogP contribution < -0.4 is 16.2 Å².